The van der Waals surface area contributed by atoms with Crippen molar-refractivity contribution in [2.45, 2.75) is 33.2 Å². The lowest BCUT2D eigenvalue weighted by Gasteiger charge is -2.25. The lowest BCUT2D eigenvalue weighted by Crippen LogP contribution is -2.38. The standard InChI is InChI=1S/C15H23ClN2O/c1-4-11(9-17)15(19)18-14(10(2)3)12-5-7-13(16)8-6-12/h5-8,10-11,14H,4,9,17H2,1-3H3,(H,18,19). The van der Waals surface area contributed by atoms with Crippen molar-refractivity contribution < 1.29 is 4.79 Å². The van der Waals surface area contributed by atoms with Crippen molar-refractivity contribution in [1.82, 2.24) is 5.32 Å². The molecule has 0 radical (unpaired) electrons. The van der Waals surface area contributed by atoms with Gasteiger partial charge in [0.25, 0.3) is 0 Å². The number of amides is 1. The first-order valence-corrected chi connectivity index (χ1v) is 7.13. The molecule has 0 aliphatic carbocycles. The van der Waals surface area contributed by atoms with Crippen molar-refractivity contribution in [2.75, 3.05) is 6.54 Å². The summed E-state index contributed by atoms with van der Waals surface area (Å²) in [5.74, 6) is 0.215. The fourth-order valence-electron chi connectivity index (χ4n) is 2.04. The second-order valence-corrected chi connectivity index (χ2v) is 5.56. The summed E-state index contributed by atoms with van der Waals surface area (Å²) in [6.45, 7) is 6.53. The minimum atomic E-state index is -0.117. The molecule has 0 saturated carbocycles. The van der Waals surface area contributed by atoms with E-state index in [1.54, 1.807) is 0 Å². The molecule has 3 N–H and O–H groups in total. The molecule has 0 aliphatic rings. The van der Waals surface area contributed by atoms with Gasteiger partial charge in [-0.3, -0.25) is 4.79 Å². The Morgan fingerprint density at radius 2 is 1.89 bits per heavy atom. The zero-order valence-corrected chi connectivity index (χ0v) is 12.6. The third-order valence-corrected chi connectivity index (χ3v) is 3.59. The van der Waals surface area contributed by atoms with Gasteiger partial charge in [-0.15, -0.1) is 0 Å². The summed E-state index contributed by atoms with van der Waals surface area (Å²) in [4.78, 5) is 12.1. The number of benzene rings is 1. The molecule has 0 saturated heterocycles. The lowest BCUT2D eigenvalue weighted by molar-refractivity contribution is -0.125. The van der Waals surface area contributed by atoms with Gasteiger partial charge in [-0.25, -0.2) is 0 Å². The molecular weight excluding hydrogens is 260 g/mol. The predicted octanol–water partition coefficient (Wildman–Crippen LogP) is 3.14. The van der Waals surface area contributed by atoms with Crippen molar-refractivity contribution in [3.63, 3.8) is 0 Å². The van der Waals surface area contributed by atoms with Gasteiger partial charge in [-0.1, -0.05) is 44.5 Å². The highest BCUT2D eigenvalue weighted by Gasteiger charge is 2.22. The van der Waals surface area contributed by atoms with E-state index < -0.39 is 0 Å². The minimum absolute atomic E-state index is 0.00892. The largest absolute Gasteiger partial charge is 0.349 e. The highest BCUT2D eigenvalue weighted by atomic mass is 35.5. The van der Waals surface area contributed by atoms with E-state index in [0.29, 0.717) is 17.5 Å². The van der Waals surface area contributed by atoms with Gasteiger partial charge >= 0.3 is 0 Å². The SMILES string of the molecule is CCC(CN)C(=O)NC(c1ccc(Cl)cc1)C(C)C. The first-order chi connectivity index (χ1) is 8.99. The third kappa shape index (κ3) is 4.51. The molecule has 0 fully saturated rings. The number of carbonyl (C=O) groups excluding carboxylic acids is 1. The number of carbonyl (C=O) groups is 1. The van der Waals surface area contributed by atoms with Crippen LogP contribution in [-0.4, -0.2) is 12.5 Å². The Hall–Kier alpha value is -1.06. The molecule has 1 aromatic rings. The van der Waals surface area contributed by atoms with Gasteiger partial charge < -0.3 is 11.1 Å². The molecule has 19 heavy (non-hydrogen) atoms. The van der Waals surface area contributed by atoms with Crippen LogP contribution in [0.3, 0.4) is 0 Å². The Morgan fingerprint density at radius 1 is 1.32 bits per heavy atom. The van der Waals surface area contributed by atoms with Crippen LogP contribution in [0.15, 0.2) is 24.3 Å². The van der Waals surface area contributed by atoms with Gasteiger partial charge in [0, 0.05) is 17.5 Å². The maximum absolute atomic E-state index is 12.1. The van der Waals surface area contributed by atoms with Crippen molar-refractivity contribution in [3.05, 3.63) is 34.9 Å². The molecule has 1 amide bonds. The summed E-state index contributed by atoms with van der Waals surface area (Å²) >= 11 is 5.89. The van der Waals surface area contributed by atoms with Crippen LogP contribution in [0.25, 0.3) is 0 Å². The molecule has 0 aromatic heterocycles. The Bertz CT molecular complexity index is 399. The predicted molar refractivity (Wildman–Crippen MR) is 80.0 cm³/mol. The summed E-state index contributed by atoms with van der Waals surface area (Å²) in [6, 6.07) is 7.59. The van der Waals surface area contributed by atoms with Crippen LogP contribution in [-0.2, 0) is 4.79 Å². The van der Waals surface area contributed by atoms with E-state index in [9.17, 15) is 4.79 Å². The monoisotopic (exact) mass is 282 g/mol. The first-order valence-electron chi connectivity index (χ1n) is 6.75. The van der Waals surface area contributed by atoms with Gasteiger partial charge in [0.05, 0.1) is 6.04 Å². The second kappa shape index (κ2) is 7.51. The molecule has 0 heterocycles. The summed E-state index contributed by atoms with van der Waals surface area (Å²) in [7, 11) is 0. The highest BCUT2D eigenvalue weighted by molar-refractivity contribution is 6.30. The van der Waals surface area contributed by atoms with E-state index in [2.05, 4.69) is 19.2 Å². The average molecular weight is 283 g/mol. The lowest BCUT2D eigenvalue weighted by atomic mass is 9.95. The molecule has 2 unspecified atom stereocenters. The zero-order chi connectivity index (χ0) is 14.4. The van der Waals surface area contributed by atoms with Gasteiger partial charge in [0.15, 0.2) is 0 Å². The molecule has 0 aliphatic heterocycles. The topological polar surface area (TPSA) is 55.1 Å². The van der Waals surface area contributed by atoms with Crippen LogP contribution in [0.1, 0.15) is 38.8 Å². The van der Waals surface area contributed by atoms with Gasteiger partial charge in [0.2, 0.25) is 5.91 Å². The second-order valence-electron chi connectivity index (χ2n) is 5.12. The maximum atomic E-state index is 12.1. The molecule has 0 spiro atoms. The van der Waals surface area contributed by atoms with Gasteiger partial charge in [-0.05, 0) is 30.0 Å². The smallest absolute Gasteiger partial charge is 0.224 e. The van der Waals surface area contributed by atoms with Crippen molar-refractivity contribution in [2.24, 2.45) is 17.6 Å². The summed E-state index contributed by atoms with van der Waals surface area (Å²) < 4.78 is 0. The van der Waals surface area contributed by atoms with Gasteiger partial charge in [0.1, 0.15) is 0 Å². The number of nitrogens with two attached hydrogens (primary N) is 1. The van der Waals surface area contributed by atoms with E-state index in [4.69, 9.17) is 17.3 Å². The third-order valence-electron chi connectivity index (χ3n) is 3.34. The Morgan fingerprint density at radius 3 is 2.32 bits per heavy atom. The summed E-state index contributed by atoms with van der Waals surface area (Å²) in [6.07, 6.45) is 0.758. The number of hydrogen-bond donors (Lipinski definition) is 2. The first kappa shape index (κ1) is 16.0. The molecule has 0 bridgehead atoms. The van der Waals surface area contributed by atoms with E-state index >= 15 is 0 Å². The van der Waals surface area contributed by atoms with E-state index in [1.807, 2.05) is 31.2 Å². The van der Waals surface area contributed by atoms with Crippen LogP contribution < -0.4 is 11.1 Å². The number of rotatable bonds is 6. The number of nitrogens with one attached hydrogen (secondary N) is 1. The molecule has 1 aromatic carbocycles. The fraction of sp³-hybridized carbons (Fsp3) is 0.533. The number of halogens is 1. The van der Waals surface area contributed by atoms with Crippen LogP contribution in [0, 0.1) is 11.8 Å². The maximum Gasteiger partial charge on any atom is 0.224 e. The van der Waals surface area contributed by atoms with Crippen molar-refractivity contribution in [3.8, 4) is 0 Å². The molecule has 4 heteroatoms. The molecule has 1 rings (SSSR count). The molecule has 106 valence electrons. The van der Waals surface area contributed by atoms with E-state index in [1.165, 1.54) is 0 Å². The number of hydrogen-bond acceptors (Lipinski definition) is 2. The molecule has 3 nitrogen and oxygen atoms in total. The summed E-state index contributed by atoms with van der Waals surface area (Å²) in [5, 5.41) is 3.79. The van der Waals surface area contributed by atoms with Crippen LogP contribution in [0.4, 0.5) is 0 Å². The molecular formula is C15H23ClN2O. The van der Waals surface area contributed by atoms with Gasteiger partial charge in [-0.2, -0.15) is 0 Å². The zero-order valence-electron chi connectivity index (χ0n) is 11.8. The minimum Gasteiger partial charge on any atom is -0.349 e. The van der Waals surface area contributed by atoms with Crippen molar-refractivity contribution >= 4 is 17.5 Å². The molecule has 2 atom stereocenters. The average Bonchev–Trinajstić information content (AvgIpc) is 2.38. The fourth-order valence-corrected chi connectivity index (χ4v) is 2.16. The quantitative estimate of drug-likeness (QED) is 0.842. The van der Waals surface area contributed by atoms with E-state index in [-0.39, 0.29) is 17.9 Å². The Kier molecular flexibility index (Phi) is 6.32. The van der Waals surface area contributed by atoms with Crippen LogP contribution in [0.5, 0.6) is 0 Å². The van der Waals surface area contributed by atoms with E-state index in [0.717, 1.165) is 12.0 Å². The van der Waals surface area contributed by atoms with Crippen molar-refractivity contribution in [1.29, 1.82) is 0 Å². The highest BCUT2D eigenvalue weighted by Crippen LogP contribution is 2.23. The normalized spacial score (nSPS) is 14.2. The van der Waals surface area contributed by atoms with Crippen LogP contribution >= 0.6 is 11.6 Å². The Balaban J connectivity index is 2.84. The summed E-state index contributed by atoms with van der Waals surface area (Å²) in [5.41, 5.74) is 6.69. The Labute approximate surface area is 120 Å². The van der Waals surface area contributed by atoms with Crippen LogP contribution in [0.2, 0.25) is 5.02 Å².